The van der Waals surface area contributed by atoms with E-state index in [0.29, 0.717) is 12.0 Å². The molecule has 2 aliphatic rings. The molecule has 3 rings (SSSR count). The fourth-order valence-corrected chi connectivity index (χ4v) is 3.70. The number of anilines is 1. The van der Waals surface area contributed by atoms with Crippen LogP contribution >= 0.6 is 11.3 Å². The van der Waals surface area contributed by atoms with Crippen molar-refractivity contribution >= 4 is 16.5 Å². The normalized spacial score (nSPS) is 29.5. The van der Waals surface area contributed by atoms with Gasteiger partial charge in [0.25, 0.3) is 0 Å². The van der Waals surface area contributed by atoms with E-state index in [2.05, 4.69) is 15.1 Å². The van der Waals surface area contributed by atoms with Crippen molar-refractivity contribution in [3.8, 4) is 0 Å². The second-order valence-electron chi connectivity index (χ2n) is 5.13. The second-order valence-corrected chi connectivity index (χ2v) is 6.12. The largest absolute Gasteiger partial charge is 0.378 e. The van der Waals surface area contributed by atoms with E-state index in [1.54, 1.807) is 11.3 Å². The van der Waals surface area contributed by atoms with Crippen LogP contribution in [0.2, 0.25) is 0 Å². The van der Waals surface area contributed by atoms with Gasteiger partial charge in [0.15, 0.2) is 0 Å². The average molecular weight is 268 g/mol. The maximum absolute atomic E-state index is 5.94. The fraction of sp³-hybridized carbons (Fsp3) is 0.833. The molecule has 2 heterocycles. The highest BCUT2D eigenvalue weighted by atomic mass is 32.1. The molecule has 1 aliphatic heterocycles. The van der Waals surface area contributed by atoms with Crippen molar-refractivity contribution in [1.29, 1.82) is 0 Å². The number of hydrogen-bond acceptors (Lipinski definition) is 6. The van der Waals surface area contributed by atoms with Gasteiger partial charge < -0.3 is 15.4 Å². The Hall–Kier alpha value is -0.720. The number of nitrogens with zero attached hydrogens (tertiary/aromatic N) is 3. The van der Waals surface area contributed by atoms with Gasteiger partial charge in [-0.15, -0.1) is 10.2 Å². The van der Waals surface area contributed by atoms with Gasteiger partial charge in [-0.25, -0.2) is 0 Å². The van der Waals surface area contributed by atoms with E-state index in [1.165, 1.54) is 17.8 Å². The van der Waals surface area contributed by atoms with Crippen molar-refractivity contribution < 1.29 is 4.74 Å². The van der Waals surface area contributed by atoms with Gasteiger partial charge in [-0.1, -0.05) is 11.3 Å². The van der Waals surface area contributed by atoms with E-state index in [-0.39, 0.29) is 0 Å². The summed E-state index contributed by atoms with van der Waals surface area (Å²) in [6.45, 7) is 3.47. The highest BCUT2D eigenvalue weighted by Crippen LogP contribution is 2.35. The molecule has 100 valence electrons. The first-order valence-electron chi connectivity index (χ1n) is 6.74. The van der Waals surface area contributed by atoms with Crippen LogP contribution in [0.3, 0.4) is 0 Å². The summed E-state index contributed by atoms with van der Waals surface area (Å²) < 4.78 is 5.36. The standard InChI is InChI=1S/C12H20N4OS/c13-10-3-1-9(2-4-10)11-14-15-12(18-11)16-5-7-17-8-6-16/h9-10H,1-8,13H2. The molecule has 2 N–H and O–H groups in total. The van der Waals surface area contributed by atoms with Gasteiger partial charge in [0.1, 0.15) is 5.01 Å². The lowest BCUT2D eigenvalue weighted by Crippen LogP contribution is -2.36. The Kier molecular flexibility index (Phi) is 3.77. The van der Waals surface area contributed by atoms with Crippen LogP contribution in [0.25, 0.3) is 0 Å². The Bertz CT molecular complexity index is 383. The zero-order chi connectivity index (χ0) is 12.4. The first-order valence-corrected chi connectivity index (χ1v) is 7.56. The molecule has 0 bridgehead atoms. The number of aromatic nitrogens is 2. The summed E-state index contributed by atoms with van der Waals surface area (Å²) in [5.41, 5.74) is 5.94. The van der Waals surface area contributed by atoms with E-state index in [9.17, 15) is 0 Å². The minimum absolute atomic E-state index is 0.396. The fourth-order valence-electron chi connectivity index (χ4n) is 2.64. The summed E-state index contributed by atoms with van der Waals surface area (Å²) in [6, 6.07) is 0.396. The van der Waals surface area contributed by atoms with Crippen molar-refractivity contribution in [2.24, 2.45) is 5.73 Å². The summed E-state index contributed by atoms with van der Waals surface area (Å²) >= 11 is 1.75. The molecular formula is C12H20N4OS. The maximum atomic E-state index is 5.94. The number of hydrogen-bond donors (Lipinski definition) is 1. The van der Waals surface area contributed by atoms with Gasteiger partial charge in [0.05, 0.1) is 13.2 Å². The molecule has 5 nitrogen and oxygen atoms in total. The number of morpholine rings is 1. The molecule has 1 saturated carbocycles. The van der Waals surface area contributed by atoms with Crippen LogP contribution in [-0.2, 0) is 4.74 Å². The van der Waals surface area contributed by atoms with Crippen LogP contribution in [0.15, 0.2) is 0 Å². The molecule has 6 heteroatoms. The lowest BCUT2D eigenvalue weighted by atomic mass is 9.87. The molecule has 1 aliphatic carbocycles. The molecule has 0 spiro atoms. The molecular weight excluding hydrogens is 248 g/mol. The van der Waals surface area contributed by atoms with E-state index < -0.39 is 0 Å². The predicted octanol–water partition coefficient (Wildman–Crippen LogP) is 1.36. The van der Waals surface area contributed by atoms with Crippen LogP contribution in [0, 0.1) is 0 Å². The molecule has 0 aromatic carbocycles. The van der Waals surface area contributed by atoms with Crippen LogP contribution in [0.1, 0.15) is 36.6 Å². The summed E-state index contributed by atoms with van der Waals surface area (Å²) in [7, 11) is 0. The molecule has 1 saturated heterocycles. The Labute approximate surface area is 111 Å². The third kappa shape index (κ3) is 2.65. The second kappa shape index (κ2) is 5.50. The summed E-state index contributed by atoms with van der Waals surface area (Å²) in [4.78, 5) is 2.28. The van der Waals surface area contributed by atoms with Gasteiger partial charge in [-0.3, -0.25) is 0 Å². The smallest absolute Gasteiger partial charge is 0.208 e. The molecule has 0 radical (unpaired) electrons. The summed E-state index contributed by atoms with van der Waals surface area (Å²) in [6.07, 6.45) is 4.58. The third-order valence-corrected chi connectivity index (χ3v) is 4.98. The summed E-state index contributed by atoms with van der Waals surface area (Å²) in [5.74, 6) is 0.581. The minimum Gasteiger partial charge on any atom is -0.378 e. The van der Waals surface area contributed by atoms with Gasteiger partial charge in [-0.2, -0.15) is 0 Å². The molecule has 2 fully saturated rings. The third-order valence-electron chi connectivity index (χ3n) is 3.83. The number of rotatable bonds is 2. The SMILES string of the molecule is NC1CCC(c2nnc(N3CCOCC3)s2)CC1. The van der Waals surface area contributed by atoms with E-state index in [4.69, 9.17) is 10.5 Å². The Balaban J connectivity index is 1.65. The van der Waals surface area contributed by atoms with Crippen LogP contribution in [0.5, 0.6) is 0 Å². The van der Waals surface area contributed by atoms with Crippen molar-refractivity contribution in [3.63, 3.8) is 0 Å². The zero-order valence-corrected chi connectivity index (χ0v) is 11.4. The van der Waals surface area contributed by atoms with Crippen molar-refractivity contribution in [3.05, 3.63) is 5.01 Å². The number of nitrogens with two attached hydrogens (primary N) is 1. The number of ether oxygens (including phenoxy) is 1. The molecule has 0 atom stereocenters. The van der Waals surface area contributed by atoms with Gasteiger partial charge in [0.2, 0.25) is 5.13 Å². The van der Waals surface area contributed by atoms with Crippen LogP contribution < -0.4 is 10.6 Å². The van der Waals surface area contributed by atoms with Gasteiger partial charge in [0, 0.05) is 25.0 Å². The highest BCUT2D eigenvalue weighted by molar-refractivity contribution is 7.15. The lowest BCUT2D eigenvalue weighted by molar-refractivity contribution is 0.122. The highest BCUT2D eigenvalue weighted by Gasteiger charge is 2.24. The van der Waals surface area contributed by atoms with E-state index in [0.717, 1.165) is 44.3 Å². The molecule has 1 aromatic heterocycles. The minimum atomic E-state index is 0.396. The Morgan fingerprint density at radius 2 is 1.83 bits per heavy atom. The predicted molar refractivity (Wildman–Crippen MR) is 72.1 cm³/mol. The van der Waals surface area contributed by atoms with E-state index in [1.807, 2.05) is 0 Å². The first-order chi connectivity index (χ1) is 8.83. The molecule has 0 unspecified atom stereocenters. The quantitative estimate of drug-likeness (QED) is 0.877. The monoisotopic (exact) mass is 268 g/mol. The molecule has 1 aromatic rings. The van der Waals surface area contributed by atoms with Gasteiger partial charge in [-0.05, 0) is 25.7 Å². The zero-order valence-electron chi connectivity index (χ0n) is 10.5. The molecule has 18 heavy (non-hydrogen) atoms. The average Bonchev–Trinajstić information content (AvgIpc) is 2.90. The Morgan fingerprint density at radius 1 is 1.11 bits per heavy atom. The maximum Gasteiger partial charge on any atom is 0.208 e. The van der Waals surface area contributed by atoms with Crippen molar-refractivity contribution in [2.75, 3.05) is 31.2 Å². The Morgan fingerprint density at radius 3 is 2.56 bits per heavy atom. The van der Waals surface area contributed by atoms with Crippen LogP contribution in [0.4, 0.5) is 5.13 Å². The van der Waals surface area contributed by atoms with Crippen LogP contribution in [-0.4, -0.2) is 42.5 Å². The lowest BCUT2D eigenvalue weighted by Gasteiger charge is -2.26. The van der Waals surface area contributed by atoms with Crippen molar-refractivity contribution in [1.82, 2.24) is 10.2 Å². The summed E-state index contributed by atoms with van der Waals surface area (Å²) in [5, 5.41) is 11.0. The van der Waals surface area contributed by atoms with E-state index >= 15 is 0 Å². The van der Waals surface area contributed by atoms with Gasteiger partial charge >= 0.3 is 0 Å². The topological polar surface area (TPSA) is 64.3 Å². The van der Waals surface area contributed by atoms with Crippen molar-refractivity contribution in [2.45, 2.75) is 37.6 Å². The molecule has 0 amide bonds. The first kappa shape index (κ1) is 12.3.